The number of hydrogen-bond acceptors (Lipinski definition) is 5. The zero-order valence-electron chi connectivity index (χ0n) is 19.3. The fourth-order valence-corrected chi connectivity index (χ4v) is 3.80. The van der Waals surface area contributed by atoms with Gasteiger partial charge in [-0.05, 0) is 68.1 Å². The van der Waals surface area contributed by atoms with Crippen molar-refractivity contribution in [3.63, 3.8) is 0 Å². The molecule has 4 aromatic rings. The first kappa shape index (κ1) is 23.4. The van der Waals surface area contributed by atoms with E-state index in [4.69, 9.17) is 0 Å². The van der Waals surface area contributed by atoms with E-state index >= 15 is 0 Å². The Morgan fingerprint density at radius 2 is 1.76 bits per heavy atom. The first-order chi connectivity index (χ1) is 16.4. The van der Waals surface area contributed by atoms with Gasteiger partial charge in [0, 0.05) is 24.5 Å². The van der Waals surface area contributed by atoms with Crippen molar-refractivity contribution in [3.05, 3.63) is 93.4 Å². The summed E-state index contributed by atoms with van der Waals surface area (Å²) < 4.78 is 29.8. The number of halogens is 2. The van der Waals surface area contributed by atoms with E-state index in [0.717, 1.165) is 24.7 Å². The number of nitrogens with zero attached hydrogens (tertiary/aromatic N) is 5. The van der Waals surface area contributed by atoms with Crippen molar-refractivity contribution in [3.8, 4) is 5.82 Å². The number of aromatic nitrogens is 4. The van der Waals surface area contributed by atoms with Gasteiger partial charge >= 0.3 is 0 Å². The Labute approximate surface area is 196 Å². The predicted molar refractivity (Wildman–Crippen MR) is 130 cm³/mol. The summed E-state index contributed by atoms with van der Waals surface area (Å²) in [6.45, 7) is 8.37. The van der Waals surface area contributed by atoms with Crippen LogP contribution in [0, 0.1) is 18.6 Å². The fraction of sp³-hybridized carbons (Fsp3) is 0.231. The smallest absolute Gasteiger partial charge is 0.267 e. The second-order valence-corrected chi connectivity index (χ2v) is 7.89. The summed E-state index contributed by atoms with van der Waals surface area (Å²) in [6.07, 6.45) is 6.14. The second kappa shape index (κ2) is 10.0. The van der Waals surface area contributed by atoms with Crippen LogP contribution in [0.4, 0.5) is 8.78 Å². The molecule has 2 aromatic heterocycles. The molecular formula is C26H25F2N5O. The minimum atomic E-state index is -0.538. The van der Waals surface area contributed by atoms with Gasteiger partial charge in [-0.15, -0.1) is 0 Å². The SMILES string of the molecule is CCN(CC)Cc1ccc(F)c(C=Cc2nc3ccc(F)cc3c(=O)n2-c2nccnc2C)c1. The van der Waals surface area contributed by atoms with E-state index in [1.54, 1.807) is 31.2 Å². The molecule has 0 aliphatic heterocycles. The minimum absolute atomic E-state index is 0.120. The lowest BCUT2D eigenvalue weighted by Crippen LogP contribution is -2.24. The van der Waals surface area contributed by atoms with Crippen LogP contribution in [0.2, 0.25) is 0 Å². The molecule has 0 N–H and O–H groups in total. The van der Waals surface area contributed by atoms with Gasteiger partial charge in [0.1, 0.15) is 17.5 Å². The molecule has 0 aliphatic carbocycles. The Balaban J connectivity index is 1.85. The predicted octanol–water partition coefficient (Wildman–Crippen LogP) is 4.77. The third kappa shape index (κ3) is 4.77. The molecule has 0 saturated carbocycles. The van der Waals surface area contributed by atoms with Crippen LogP contribution in [0.5, 0.6) is 0 Å². The zero-order valence-corrected chi connectivity index (χ0v) is 19.3. The van der Waals surface area contributed by atoms with Crippen molar-refractivity contribution in [2.75, 3.05) is 13.1 Å². The highest BCUT2D eigenvalue weighted by molar-refractivity contribution is 5.80. The quantitative estimate of drug-likeness (QED) is 0.397. The summed E-state index contributed by atoms with van der Waals surface area (Å²) in [5.41, 5.74) is 1.71. The number of fused-ring (bicyclic) bond motifs is 1. The molecule has 2 aromatic carbocycles. The van der Waals surface area contributed by atoms with E-state index in [-0.39, 0.29) is 22.8 Å². The van der Waals surface area contributed by atoms with Crippen LogP contribution in [0.25, 0.3) is 28.9 Å². The first-order valence-electron chi connectivity index (χ1n) is 11.1. The Morgan fingerprint density at radius 1 is 1.00 bits per heavy atom. The maximum absolute atomic E-state index is 14.6. The molecule has 174 valence electrons. The van der Waals surface area contributed by atoms with Crippen molar-refractivity contribution in [2.45, 2.75) is 27.3 Å². The van der Waals surface area contributed by atoms with Crippen molar-refractivity contribution in [1.29, 1.82) is 0 Å². The molecule has 2 heterocycles. The number of rotatable bonds is 7. The van der Waals surface area contributed by atoms with Crippen LogP contribution in [0.15, 0.2) is 53.6 Å². The van der Waals surface area contributed by atoms with Crippen LogP contribution in [-0.2, 0) is 6.54 Å². The van der Waals surface area contributed by atoms with Gasteiger partial charge < -0.3 is 0 Å². The molecule has 0 unspecified atom stereocenters. The number of benzene rings is 2. The second-order valence-electron chi connectivity index (χ2n) is 7.89. The van der Waals surface area contributed by atoms with Gasteiger partial charge in [-0.25, -0.2) is 23.3 Å². The highest BCUT2D eigenvalue weighted by Gasteiger charge is 2.15. The third-order valence-corrected chi connectivity index (χ3v) is 5.70. The summed E-state index contributed by atoms with van der Waals surface area (Å²) in [7, 11) is 0. The average molecular weight is 462 g/mol. The molecule has 0 spiro atoms. The van der Waals surface area contributed by atoms with E-state index in [0.29, 0.717) is 23.3 Å². The molecular weight excluding hydrogens is 436 g/mol. The highest BCUT2D eigenvalue weighted by atomic mass is 19.1. The maximum Gasteiger partial charge on any atom is 0.267 e. The lowest BCUT2D eigenvalue weighted by Gasteiger charge is -2.18. The summed E-state index contributed by atoms with van der Waals surface area (Å²) in [5.74, 6) is -0.404. The summed E-state index contributed by atoms with van der Waals surface area (Å²) in [6, 6.07) is 8.84. The van der Waals surface area contributed by atoms with Crippen LogP contribution in [-0.4, -0.2) is 37.5 Å². The van der Waals surface area contributed by atoms with Gasteiger partial charge in [-0.2, -0.15) is 0 Å². The van der Waals surface area contributed by atoms with E-state index in [1.807, 2.05) is 0 Å². The minimum Gasteiger partial charge on any atom is -0.300 e. The molecule has 8 heteroatoms. The standard InChI is InChI=1S/C26H25F2N5O/c1-4-32(5-2)16-18-6-9-22(28)19(14-18)7-11-24-31-23-10-8-20(27)15-21(23)26(34)33(24)25-17(3)29-12-13-30-25/h6-15H,4-5,16H2,1-3H3. The van der Waals surface area contributed by atoms with Gasteiger partial charge in [-0.1, -0.05) is 19.9 Å². The Morgan fingerprint density at radius 3 is 2.50 bits per heavy atom. The summed E-state index contributed by atoms with van der Waals surface area (Å²) in [5, 5.41) is 0.120. The molecule has 0 bridgehead atoms. The van der Waals surface area contributed by atoms with Crippen molar-refractivity contribution in [1.82, 2.24) is 24.4 Å². The first-order valence-corrected chi connectivity index (χ1v) is 11.1. The molecule has 0 atom stereocenters. The largest absolute Gasteiger partial charge is 0.300 e. The van der Waals surface area contributed by atoms with Gasteiger partial charge in [-0.3, -0.25) is 14.7 Å². The molecule has 6 nitrogen and oxygen atoms in total. The Kier molecular flexibility index (Phi) is 6.88. The molecule has 0 amide bonds. The van der Waals surface area contributed by atoms with E-state index in [1.165, 1.54) is 35.2 Å². The van der Waals surface area contributed by atoms with Crippen molar-refractivity contribution in [2.24, 2.45) is 0 Å². The summed E-state index contributed by atoms with van der Waals surface area (Å²) in [4.78, 5) is 28.6. The molecule has 34 heavy (non-hydrogen) atoms. The fourth-order valence-electron chi connectivity index (χ4n) is 3.80. The normalized spacial score (nSPS) is 11.7. The van der Waals surface area contributed by atoms with E-state index < -0.39 is 11.4 Å². The lowest BCUT2D eigenvalue weighted by atomic mass is 10.1. The van der Waals surface area contributed by atoms with Gasteiger partial charge in [0.15, 0.2) is 5.82 Å². The van der Waals surface area contributed by atoms with Crippen molar-refractivity contribution >= 4 is 23.1 Å². The van der Waals surface area contributed by atoms with E-state index in [2.05, 4.69) is 33.7 Å². The monoisotopic (exact) mass is 461 g/mol. The Bertz CT molecular complexity index is 1430. The molecule has 0 radical (unpaired) electrons. The van der Waals surface area contributed by atoms with Gasteiger partial charge in [0.2, 0.25) is 0 Å². The maximum atomic E-state index is 14.6. The number of aryl methyl sites for hydroxylation is 1. The highest BCUT2D eigenvalue weighted by Crippen LogP contribution is 2.19. The van der Waals surface area contributed by atoms with Crippen LogP contribution in [0.3, 0.4) is 0 Å². The third-order valence-electron chi connectivity index (χ3n) is 5.70. The molecule has 4 rings (SSSR count). The van der Waals surface area contributed by atoms with Crippen molar-refractivity contribution < 1.29 is 8.78 Å². The van der Waals surface area contributed by atoms with Crippen LogP contribution >= 0.6 is 0 Å². The number of hydrogen-bond donors (Lipinski definition) is 0. The molecule has 0 fully saturated rings. The topological polar surface area (TPSA) is 63.9 Å². The Hall–Kier alpha value is -3.78. The zero-order chi connectivity index (χ0) is 24.2. The van der Waals surface area contributed by atoms with E-state index in [9.17, 15) is 13.6 Å². The van der Waals surface area contributed by atoms with Crippen LogP contribution < -0.4 is 5.56 Å². The van der Waals surface area contributed by atoms with Gasteiger partial charge in [0.05, 0.1) is 16.6 Å². The molecule has 0 saturated heterocycles. The molecule has 0 aliphatic rings. The average Bonchev–Trinajstić information content (AvgIpc) is 2.84. The van der Waals surface area contributed by atoms with Gasteiger partial charge in [0.25, 0.3) is 5.56 Å². The van der Waals surface area contributed by atoms with Crippen LogP contribution in [0.1, 0.15) is 36.5 Å². The summed E-state index contributed by atoms with van der Waals surface area (Å²) >= 11 is 0. The lowest BCUT2D eigenvalue weighted by molar-refractivity contribution is 0.296.